The van der Waals surface area contributed by atoms with Gasteiger partial charge in [-0.15, -0.1) is 0 Å². The number of carbonyl (C=O) groups is 1. The Balaban J connectivity index is 3.04. The lowest BCUT2D eigenvalue weighted by molar-refractivity contribution is -0.385. The van der Waals surface area contributed by atoms with Gasteiger partial charge in [-0.1, -0.05) is 0 Å². The molecule has 0 bridgehead atoms. The molecule has 0 unspecified atom stereocenters. The summed E-state index contributed by atoms with van der Waals surface area (Å²) in [4.78, 5) is 22.1. The summed E-state index contributed by atoms with van der Waals surface area (Å²) in [6.45, 7) is -2.03. The minimum absolute atomic E-state index is 0.0281. The van der Waals surface area contributed by atoms with Crippen molar-refractivity contribution in [1.29, 1.82) is 0 Å². The van der Waals surface area contributed by atoms with Crippen LogP contribution in [0.25, 0.3) is 0 Å². The van der Waals surface area contributed by atoms with E-state index >= 15 is 0 Å². The molecule has 110 valence electrons. The Morgan fingerprint density at radius 1 is 1.30 bits per heavy atom. The highest BCUT2D eigenvalue weighted by atomic mass is 79.9. The van der Waals surface area contributed by atoms with E-state index in [2.05, 4.69) is 21.2 Å². The van der Waals surface area contributed by atoms with Gasteiger partial charge in [-0.05, 0) is 28.1 Å². The van der Waals surface area contributed by atoms with Crippen LogP contribution < -0.4 is 5.32 Å². The third-order valence-electron chi connectivity index (χ3n) is 2.69. The smallest absolute Gasteiger partial charge is 0.284 e. The maximum absolute atomic E-state index is 11.9. The zero-order chi connectivity index (χ0) is 15.3. The van der Waals surface area contributed by atoms with Crippen LogP contribution in [0.4, 0.5) is 5.69 Å². The minimum Gasteiger partial charge on any atom is -0.394 e. The van der Waals surface area contributed by atoms with Crippen molar-refractivity contribution in [2.45, 2.75) is 5.54 Å². The normalized spacial score (nSPS) is 11.2. The zero-order valence-corrected chi connectivity index (χ0v) is 11.8. The van der Waals surface area contributed by atoms with Gasteiger partial charge < -0.3 is 20.6 Å². The molecular formula is C11H13BrN2O6. The highest BCUT2D eigenvalue weighted by molar-refractivity contribution is 9.10. The summed E-state index contributed by atoms with van der Waals surface area (Å²) < 4.78 is 0.219. The first-order valence-corrected chi connectivity index (χ1v) is 6.27. The summed E-state index contributed by atoms with van der Waals surface area (Å²) in [5.74, 6) is -0.752. The number of benzene rings is 1. The molecule has 0 aromatic heterocycles. The van der Waals surface area contributed by atoms with E-state index < -0.39 is 36.2 Å². The second kappa shape index (κ2) is 6.75. The number of nitro groups is 1. The van der Waals surface area contributed by atoms with Crippen LogP contribution in [0.15, 0.2) is 22.7 Å². The van der Waals surface area contributed by atoms with Gasteiger partial charge in [0.2, 0.25) is 0 Å². The van der Waals surface area contributed by atoms with Gasteiger partial charge in [-0.2, -0.15) is 0 Å². The van der Waals surface area contributed by atoms with E-state index in [4.69, 9.17) is 15.3 Å². The molecular weight excluding hydrogens is 336 g/mol. The molecule has 0 saturated heterocycles. The Bertz CT molecular complexity index is 509. The quantitative estimate of drug-likeness (QED) is 0.415. The Morgan fingerprint density at radius 2 is 1.85 bits per heavy atom. The minimum atomic E-state index is -1.58. The first-order valence-electron chi connectivity index (χ1n) is 5.48. The molecule has 1 amide bonds. The predicted molar refractivity (Wildman–Crippen MR) is 72.3 cm³/mol. The van der Waals surface area contributed by atoms with Crippen molar-refractivity contribution in [3.8, 4) is 0 Å². The van der Waals surface area contributed by atoms with Gasteiger partial charge in [-0.3, -0.25) is 14.9 Å². The van der Waals surface area contributed by atoms with E-state index in [0.717, 1.165) is 6.07 Å². The lowest BCUT2D eigenvalue weighted by Crippen LogP contribution is -2.57. The molecule has 0 heterocycles. The highest BCUT2D eigenvalue weighted by Gasteiger charge is 2.30. The largest absolute Gasteiger partial charge is 0.394 e. The fraction of sp³-hybridized carbons (Fsp3) is 0.364. The molecule has 1 rings (SSSR count). The monoisotopic (exact) mass is 348 g/mol. The molecule has 1 aromatic carbocycles. The van der Waals surface area contributed by atoms with Gasteiger partial charge in [0.15, 0.2) is 0 Å². The highest BCUT2D eigenvalue weighted by Crippen LogP contribution is 2.25. The van der Waals surface area contributed by atoms with Gasteiger partial charge in [0.05, 0.1) is 29.2 Å². The summed E-state index contributed by atoms with van der Waals surface area (Å²) in [6.07, 6.45) is 0. The summed E-state index contributed by atoms with van der Waals surface area (Å²) in [5.41, 5.74) is -1.90. The summed E-state index contributed by atoms with van der Waals surface area (Å²) in [7, 11) is 0. The molecule has 9 heteroatoms. The van der Waals surface area contributed by atoms with Crippen molar-refractivity contribution in [1.82, 2.24) is 5.32 Å². The van der Waals surface area contributed by atoms with Crippen LogP contribution in [0, 0.1) is 10.1 Å². The Kier molecular flexibility index (Phi) is 5.57. The van der Waals surface area contributed by atoms with Gasteiger partial charge in [0, 0.05) is 11.6 Å². The third-order valence-corrected chi connectivity index (χ3v) is 3.36. The first-order chi connectivity index (χ1) is 9.39. The maximum atomic E-state index is 11.9. The number of nitrogens with zero attached hydrogens (tertiary/aromatic N) is 1. The van der Waals surface area contributed by atoms with Crippen molar-refractivity contribution < 1.29 is 25.0 Å². The fourth-order valence-corrected chi connectivity index (χ4v) is 1.77. The Labute approximate surface area is 122 Å². The number of halogens is 1. The van der Waals surface area contributed by atoms with Gasteiger partial charge >= 0.3 is 0 Å². The molecule has 0 spiro atoms. The van der Waals surface area contributed by atoms with Crippen LogP contribution in [0.1, 0.15) is 10.4 Å². The number of nitro benzene ring substituents is 1. The van der Waals surface area contributed by atoms with E-state index in [-0.39, 0.29) is 15.7 Å². The summed E-state index contributed by atoms with van der Waals surface area (Å²) in [6, 6.07) is 3.73. The number of nitrogens with one attached hydrogen (secondary N) is 1. The molecule has 0 radical (unpaired) electrons. The predicted octanol–water partition coefficient (Wildman–Crippen LogP) is -0.197. The molecule has 8 nitrogen and oxygen atoms in total. The Morgan fingerprint density at radius 3 is 2.30 bits per heavy atom. The van der Waals surface area contributed by atoms with Crippen molar-refractivity contribution in [2.75, 3.05) is 19.8 Å². The van der Waals surface area contributed by atoms with Crippen LogP contribution in [-0.2, 0) is 0 Å². The number of rotatable bonds is 6. The Hall–Kier alpha value is -1.55. The molecule has 1 aromatic rings. The second-order valence-corrected chi connectivity index (χ2v) is 4.99. The molecule has 0 fully saturated rings. The number of amides is 1. The molecule has 0 aliphatic rings. The van der Waals surface area contributed by atoms with E-state index in [0.29, 0.717) is 0 Å². The average Bonchev–Trinajstić information content (AvgIpc) is 2.45. The molecule has 20 heavy (non-hydrogen) atoms. The fourth-order valence-electron chi connectivity index (χ4n) is 1.38. The SMILES string of the molecule is O=C(NC(CO)(CO)CO)c1ccc(Br)c([N+](=O)[O-])c1. The number of aliphatic hydroxyl groups is 3. The molecule has 0 aliphatic heterocycles. The van der Waals surface area contributed by atoms with E-state index in [1.54, 1.807) is 0 Å². The van der Waals surface area contributed by atoms with Crippen molar-refractivity contribution in [3.63, 3.8) is 0 Å². The zero-order valence-electron chi connectivity index (χ0n) is 10.2. The maximum Gasteiger partial charge on any atom is 0.284 e. The lowest BCUT2D eigenvalue weighted by Gasteiger charge is -2.28. The first kappa shape index (κ1) is 16.5. The van der Waals surface area contributed by atoms with Crippen LogP contribution in [-0.4, -0.2) is 51.5 Å². The lowest BCUT2D eigenvalue weighted by atomic mass is 10.0. The second-order valence-electron chi connectivity index (χ2n) is 4.13. The number of carbonyl (C=O) groups excluding carboxylic acids is 1. The van der Waals surface area contributed by atoms with E-state index in [1.165, 1.54) is 12.1 Å². The van der Waals surface area contributed by atoms with Gasteiger partial charge in [0.1, 0.15) is 5.54 Å². The number of hydrogen-bond acceptors (Lipinski definition) is 6. The van der Waals surface area contributed by atoms with Gasteiger partial charge in [-0.25, -0.2) is 0 Å². The van der Waals surface area contributed by atoms with E-state index in [9.17, 15) is 14.9 Å². The van der Waals surface area contributed by atoms with Gasteiger partial charge in [0.25, 0.3) is 11.6 Å². The van der Waals surface area contributed by atoms with Crippen molar-refractivity contribution >= 4 is 27.5 Å². The summed E-state index contributed by atoms with van der Waals surface area (Å²) >= 11 is 2.99. The molecule has 0 atom stereocenters. The van der Waals surface area contributed by atoms with Crippen LogP contribution >= 0.6 is 15.9 Å². The summed E-state index contributed by atoms with van der Waals surface area (Å²) in [5, 5.41) is 40.4. The van der Waals surface area contributed by atoms with Crippen molar-refractivity contribution in [3.05, 3.63) is 38.3 Å². The van der Waals surface area contributed by atoms with Crippen molar-refractivity contribution in [2.24, 2.45) is 0 Å². The third kappa shape index (κ3) is 3.51. The average molecular weight is 349 g/mol. The van der Waals surface area contributed by atoms with Crippen LogP contribution in [0.3, 0.4) is 0 Å². The molecule has 0 aliphatic carbocycles. The van der Waals surface area contributed by atoms with Crippen LogP contribution in [0.5, 0.6) is 0 Å². The number of hydrogen-bond donors (Lipinski definition) is 4. The van der Waals surface area contributed by atoms with Crippen LogP contribution in [0.2, 0.25) is 0 Å². The molecule has 0 saturated carbocycles. The van der Waals surface area contributed by atoms with E-state index in [1.807, 2.05) is 0 Å². The molecule has 4 N–H and O–H groups in total. The number of aliphatic hydroxyl groups excluding tert-OH is 3. The topological polar surface area (TPSA) is 133 Å². The standard InChI is InChI=1S/C11H13BrN2O6/c12-8-2-1-7(3-9(8)14(19)20)10(18)13-11(4-15,5-16)6-17/h1-3,15-17H,4-6H2,(H,13,18).